The molecular weight excluding hydrogens is 310 g/mol. The van der Waals surface area contributed by atoms with Gasteiger partial charge in [-0.05, 0) is 19.1 Å². The number of aromatic nitrogens is 4. The zero-order valence-corrected chi connectivity index (χ0v) is 13.1. The first-order valence-corrected chi connectivity index (χ1v) is 7.09. The molecule has 0 aliphatic carbocycles. The maximum Gasteiger partial charge on any atom is 0.343 e. The second kappa shape index (κ2) is 6.37. The average molecular weight is 325 g/mol. The Morgan fingerprint density at radius 1 is 1.21 bits per heavy atom. The van der Waals surface area contributed by atoms with Crippen LogP contribution in [-0.4, -0.2) is 32.8 Å². The van der Waals surface area contributed by atoms with Gasteiger partial charge in [0.1, 0.15) is 23.5 Å². The van der Waals surface area contributed by atoms with Crippen molar-refractivity contribution in [3.8, 4) is 17.4 Å². The van der Waals surface area contributed by atoms with Crippen molar-refractivity contribution in [1.82, 2.24) is 19.7 Å². The van der Waals surface area contributed by atoms with Gasteiger partial charge in [0.25, 0.3) is 0 Å². The second-order valence-corrected chi connectivity index (χ2v) is 4.88. The molecule has 0 spiro atoms. The molecule has 3 rings (SSSR count). The number of benzene rings is 1. The summed E-state index contributed by atoms with van der Waals surface area (Å²) >= 11 is 0. The Balaban J connectivity index is 1.96. The lowest BCUT2D eigenvalue weighted by molar-refractivity contribution is 0.0601. The van der Waals surface area contributed by atoms with E-state index in [1.807, 2.05) is 30.3 Å². The molecule has 2 aromatic heterocycles. The number of nitrogens with two attached hydrogens (primary N) is 1. The molecule has 0 bridgehead atoms. The van der Waals surface area contributed by atoms with E-state index in [4.69, 9.17) is 15.2 Å². The standard InChI is InChI=1S/C16H15N5O3/c1-10-14(16(22)23-2)15(17)21(20-10)12-8-13(19-9-18-12)24-11-6-4-3-5-7-11/h3-9H,17H2,1-2H3. The van der Waals surface area contributed by atoms with Crippen LogP contribution in [0.5, 0.6) is 11.6 Å². The molecule has 0 aliphatic rings. The topological polar surface area (TPSA) is 105 Å². The molecule has 0 aliphatic heterocycles. The molecule has 0 saturated heterocycles. The van der Waals surface area contributed by atoms with Crippen molar-refractivity contribution < 1.29 is 14.3 Å². The van der Waals surface area contributed by atoms with Crippen LogP contribution < -0.4 is 10.5 Å². The number of rotatable bonds is 4. The van der Waals surface area contributed by atoms with Gasteiger partial charge in [-0.3, -0.25) is 0 Å². The minimum absolute atomic E-state index is 0.142. The first-order valence-electron chi connectivity index (χ1n) is 7.09. The Morgan fingerprint density at radius 2 is 1.96 bits per heavy atom. The SMILES string of the molecule is COC(=O)c1c(C)nn(-c2cc(Oc3ccccc3)ncn2)c1N. The molecule has 122 valence electrons. The molecule has 0 atom stereocenters. The van der Waals surface area contributed by atoms with E-state index in [0.717, 1.165) is 0 Å². The molecule has 0 amide bonds. The highest BCUT2D eigenvalue weighted by Crippen LogP contribution is 2.23. The number of carbonyl (C=O) groups is 1. The summed E-state index contributed by atoms with van der Waals surface area (Å²) < 4.78 is 11.7. The van der Waals surface area contributed by atoms with Crippen molar-refractivity contribution >= 4 is 11.8 Å². The molecule has 8 heteroatoms. The number of aryl methyl sites for hydroxylation is 1. The van der Waals surface area contributed by atoms with Crippen LogP contribution in [0.4, 0.5) is 5.82 Å². The molecule has 0 radical (unpaired) electrons. The monoisotopic (exact) mass is 325 g/mol. The van der Waals surface area contributed by atoms with E-state index in [-0.39, 0.29) is 11.4 Å². The molecule has 0 fully saturated rings. The van der Waals surface area contributed by atoms with Gasteiger partial charge >= 0.3 is 5.97 Å². The van der Waals surface area contributed by atoms with Crippen molar-refractivity contribution in [2.45, 2.75) is 6.92 Å². The van der Waals surface area contributed by atoms with Crippen molar-refractivity contribution in [3.63, 3.8) is 0 Å². The van der Waals surface area contributed by atoms with E-state index in [1.165, 1.54) is 18.1 Å². The molecule has 1 aromatic carbocycles. The highest BCUT2D eigenvalue weighted by Gasteiger charge is 2.21. The second-order valence-electron chi connectivity index (χ2n) is 4.88. The number of nitrogen functional groups attached to an aromatic ring is 1. The molecule has 0 saturated carbocycles. The van der Waals surface area contributed by atoms with Gasteiger partial charge in [0.15, 0.2) is 5.82 Å². The van der Waals surface area contributed by atoms with Crippen LogP contribution in [0.25, 0.3) is 5.82 Å². The quantitative estimate of drug-likeness (QED) is 0.732. The number of hydrogen-bond donors (Lipinski definition) is 1. The Labute approximate surface area is 137 Å². The summed E-state index contributed by atoms with van der Waals surface area (Å²) in [6.45, 7) is 1.67. The highest BCUT2D eigenvalue weighted by atomic mass is 16.5. The van der Waals surface area contributed by atoms with Crippen LogP contribution in [-0.2, 0) is 4.74 Å². The number of methoxy groups -OCH3 is 1. The Morgan fingerprint density at radius 3 is 2.67 bits per heavy atom. The minimum atomic E-state index is -0.550. The highest BCUT2D eigenvalue weighted by molar-refractivity contribution is 5.95. The van der Waals surface area contributed by atoms with Gasteiger partial charge in [-0.25, -0.2) is 14.8 Å². The number of ether oxygens (including phenoxy) is 2. The predicted octanol–water partition coefficient (Wildman–Crippen LogP) is 2.13. The van der Waals surface area contributed by atoms with Crippen LogP contribution in [0.15, 0.2) is 42.7 Å². The van der Waals surface area contributed by atoms with Crippen LogP contribution in [0.1, 0.15) is 16.1 Å². The average Bonchev–Trinajstić information content (AvgIpc) is 2.90. The van der Waals surface area contributed by atoms with E-state index in [0.29, 0.717) is 23.1 Å². The molecule has 8 nitrogen and oxygen atoms in total. The van der Waals surface area contributed by atoms with Crippen LogP contribution >= 0.6 is 0 Å². The van der Waals surface area contributed by atoms with Crippen LogP contribution in [0.2, 0.25) is 0 Å². The molecular formula is C16H15N5O3. The lowest BCUT2D eigenvalue weighted by atomic mass is 10.2. The number of para-hydroxylation sites is 1. The van der Waals surface area contributed by atoms with Gasteiger partial charge in [0.05, 0.1) is 12.8 Å². The fraction of sp³-hybridized carbons (Fsp3) is 0.125. The number of esters is 1. The number of carbonyl (C=O) groups excluding carboxylic acids is 1. The zero-order chi connectivity index (χ0) is 17.1. The van der Waals surface area contributed by atoms with E-state index in [9.17, 15) is 4.79 Å². The smallest absolute Gasteiger partial charge is 0.343 e. The van der Waals surface area contributed by atoms with Gasteiger partial charge < -0.3 is 15.2 Å². The fourth-order valence-corrected chi connectivity index (χ4v) is 2.18. The summed E-state index contributed by atoms with van der Waals surface area (Å²) in [6.07, 6.45) is 1.34. The van der Waals surface area contributed by atoms with Crippen molar-refractivity contribution in [3.05, 3.63) is 54.0 Å². The van der Waals surface area contributed by atoms with Crippen molar-refractivity contribution in [1.29, 1.82) is 0 Å². The lowest BCUT2D eigenvalue weighted by Crippen LogP contribution is -2.09. The van der Waals surface area contributed by atoms with Gasteiger partial charge in [-0.1, -0.05) is 18.2 Å². The van der Waals surface area contributed by atoms with Gasteiger partial charge in [0, 0.05) is 6.07 Å². The molecule has 24 heavy (non-hydrogen) atoms. The summed E-state index contributed by atoms with van der Waals surface area (Å²) in [5, 5.41) is 4.24. The largest absolute Gasteiger partial charge is 0.465 e. The molecule has 2 N–H and O–H groups in total. The van der Waals surface area contributed by atoms with Gasteiger partial charge in [-0.15, -0.1) is 0 Å². The van der Waals surface area contributed by atoms with Crippen molar-refractivity contribution in [2.75, 3.05) is 12.8 Å². The maximum atomic E-state index is 11.8. The first kappa shape index (κ1) is 15.5. The molecule has 2 heterocycles. The summed E-state index contributed by atoms with van der Waals surface area (Å²) in [5.74, 6) is 0.946. The van der Waals surface area contributed by atoms with Crippen LogP contribution in [0, 0.1) is 6.92 Å². The Kier molecular flexibility index (Phi) is 4.11. The lowest BCUT2D eigenvalue weighted by Gasteiger charge is -2.07. The third-order valence-corrected chi connectivity index (χ3v) is 3.30. The number of hydrogen-bond acceptors (Lipinski definition) is 7. The third kappa shape index (κ3) is 2.89. The Hall–Kier alpha value is -3.42. The normalized spacial score (nSPS) is 10.4. The van der Waals surface area contributed by atoms with E-state index >= 15 is 0 Å². The van der Waals surface area contributed by atoms with E-state index in [2.05, 4.69) is 15.1 Å². The van der Waals surface area contributed by atoms with E-state index in [1.54, 1.807) is 13.0 Å². The molecule has 3 aromatic rings. The molecule has 0 unspecified atom stereocenters. The van der Waals surface area contributed by atoms with Gasteiger partial charge in [0.2, 0.25) is 5.88 Å². The third-order valence-electron chi connectivity index (χ3n) is 3.30. The number of anilines is 1. The Bertz CT molecular complexity index is 877. The minimum Gasteiger partial charge on any atom is -0.465 e. The van der Waals surface area contributed by atoms with Gasteiger partial charge in [-0.2, -0.15) is 9.78 Å². The summed E-state index contributed by atoms with van der Waals surface area (Å²) in [6, 6.07) is 10.8. The fourth-order valence-electron chi connectivity index (χ4n) is 2.18. The summed E-state index contributed by atoms with van der Waals surface area (Å²) in [5.41, 5.74) is 6.67. The van der Waals surface area contributed by atoms with Crippen molar-refractivity contribution in [2.24, 2.45) is 0 Å². The summed E-state index contributed by atoms with van der Waals surface area (Å²) in [4.78, 5) is 20.0. The van der Waals surface area contributed by atoms with Crippen LogP contribution in [0.3, 0.4) is 0 Å². The predicted molar refractivity (Wildman–Crippen MR) is 86.2 cm³/mol. The van der Waals surface area contributed by atoms with E-state index < -0.39 is 5.97 Å². The number of nitrogens with zero attached hydrogens (tertiary/aromatic N) is 4. The first-order chi connectivity index (χ1) is 11.6. The maximum absolute atomic E-state index is 11.8. The summed E-state index contributed by atoms with van der Waals surface area (Å²) in [7, 11) is 1.29. The zero-order valence-electron chi connectivity index (χ0n) is 13.1.